The summed E-state index contributed by atoms with van der Waals surface area (Å²) in [5.41, 5.74) is 1.57. The summed E-state index contributed by atoms with van der Waals surface area (Å²) in [5, 5.41) is 4.54. The van der Waals surface area contributed by atoms with Crippen LogP contribution in [0.2, 0.25) is 0 Å². The van der Waals surface area contributed by atoms with E-state index >= 15 is 0 Å². The number of ether oxygens (including phenoxy) is 1. The quantitative estimate of drug-likeness (QED) is 0.727. The number of hydrogen-bond donors (Lipinski definition) is 0. The molecule has 146 valence electrons. The molecule has 0 amide bonds. The Hall–Kier alpha value is -1.86. The highest BCUT2D eigenvalue weighted by atomic mass is 19.1. The van der Waals surface area contributed by atoms with E-state index in [-0.39, 0.29) is 5.82 Å². The average Bonchev–Trinajstić information content (AvgIpc) is 3.11. The lowest BCUT2D eigenvalue weighted by Gasteiger charge is -2.32. The van der Waals surface area contributed by atoms with Crippen LogP contribution in [0, 0.1) is 5.82 Å². The maximum absolute atomic E-state index is 13.9. The third kappa shape index (κ3) is 3.89. The SMILES string of the molecule is CCc1cc(COc2ccc(F)cc2B2OC(C)(C)C(C)(C)O2)n(CC)n1. The van der Waals surface area contributed by atoms with Crippen LogP contribution in [0.25, 0.3) is 0 Å². The first-order valence-corrected chi connectivity index (χ1v) is 9.50. The van der Waals surface area contributed by atoms with Crippen molar-refractivity contribution in [3.05, 3.63) is 41.5 Å². The molecular weight excluding hydrogens is 346 g/mol. The molecule has 1 aliphatic rings. The van der Waals surface area contributed by atoms with Crippen LogP contribution in [0.4, 0.5) is 4.39 Å². The van der Waals surface area contributed by atoms with Crippen LogP contribution < -0.4 is 10.2 Å². The van der Waals surface area contributed by atoms with Crippen LogP contribution in [-0.2, 0) is 28.9 Å². The summed E-state index contributed by atoms with van der Waals surface area (Å²) in [4.78, 5) is 0. The van der Waals surface area contributed by atoms with Gasteiger partial charge in [0, 0.05) is 12.0 Å². The fourth-order valence-electron chi connectivity index (χ4n) is 3.03. The zero-order valence-corrected chi connectivity index (χ0v) is 17.0. The molecule has 1 aromatic heterocycles. The van der Waals surface area contributed by atoms with E-state index in [4.69, 9.17) is 14.0 Å². The number of aromatic nitrogens is 2. The first-order valence-electron chi connectivity index (χ1n) is 9.50. The molecule has 0 radical (unpaired) electrons. The lowest BCUT2D eigenvalue weighted by molar-refractivity contribution is 0.00578. The van der Waals surface area contributed by atoms with Crippen molar-refractivity contribution in [2.45, 2.75) is 72.3 Å². The van der Waals surface area contributed by atoms with Crippen molar-refractivity contribution in [1.82, 2.24) is 9.78 Å². The molecule has 1 saturated heterocycles. The maximum Gasteiger partial charge on any atom is 0.498 e. The van der Waals surface area contributed by atoms with Gasteiger partial charge in [0.1, 0.15) is 18.2 Å². The summed E-state index contributed by atoms with van der Waals surface area (Å²) in [5.74, 6) is 0.204. The summed E-state index contributed by atoms with van der Waals surface area (Å²) in [6.45, 7) is 13.1. The molecule has 0 N–H and O–H groups in total. The molecule has 5 nitrogen and oxygen atoms in total. The summed E-state index contributed by atoms with van der Waals surface area (Å²) in [6, 6.07) is 6.48. The van der Waals surface area contributed by atoms with Gasteiger partial charge in [0.05, 0.1) is 22.6 Å². The molecule has 0 bridgehead atoms. The molecule has 1 aromatic carbocycles. The molecule has 0 spiro atoms. The van der Waals surface area contributed by atoms with Gasteiger partial charge in [-0.1, -0.05) is 6.92 Å². The molecule has 27 heavy (non-hydrogen) atoms. The van der Waals surface area contributed by atoms with E-state index in [9.17, 15) is 4.39 Å². The smallest absolute Gasteiger partial charge is 0.488 e. The van der Waals surface area contributed by atoms with Gasteiger partial charge >= 0.3 is 7.12 Å². The second-order valence-electron chi connectivity index (χ2n) is 7.86. The molecule has 1 fully saturated rings. The summed E-state index contributed by atoms with van der Waals surface area (Å²) >= 11 is 0. The lowest BCUT2D eigenvalue weighted by atomic mass is 9.78. The molecule has 0 atom stereocenters. The van der Waals surface area contributed by atoms with E-state index in [0.717, 1.165) is 24.4 Å². The number of aryl methyl sites for hydroxylation is 2. The zero-order chi connectivity index (χ0) is 19.8. The minimum Gasteiger partial charge on any atom is -0.488 e. The van der Waals surface area contributed by atoms with Gasteiger partial charge in [-0.2, -0.15) is 5.10 Å². The summed E-state index contributed by atoms with van der Waals surface area (Å²) in [6.07, 6.45) is 0.871. The van der Waals surface area contributed by atoms with Crippen LogP contribution in [0.1, 0.15) is 52.9 Å². The minimum atomic E-state index is -0.678. The second kappa shape index (κ2) is 7.28. The highest BCUT2D eigenvalue weighted by Gasteiger charge is 2.52. The highest BCUT2D eigenvalue weighted by molar-refractivity contribution is 6.63. The Morgan fingerprint density at radius 3 is 2.37 bits per heavy atom. The van der Waals surface area contributed by atoms with Crippen LogP contribution in [0.5, 0.6) is 5.75 Å². The van der Waals surface area contributed by atoms with Gasteiger partial charge in [0.15, 0.2) is 0 Å². The van der Waals surface area contributed by atoms with E-state index < -0.39 is 18.3 Å². The first kappa shape index (κ1) is 19.9. The molecule has 2 heterocycles. The van der Waals surface area contributed by atoms with Gasteiger partial charge in [0.2, 0.25) is 0 Å². The van der Waals surface area contributed by atoms with E-state index in [0.29, 0.717) is 17.8 Å². The van der Waals surface area contributed by atoms with Crippen molar-refractivity contribution in [3.8, 4) is 5.75 Å². The van der Waals surface area contributed by atoms with Gasteiger partial charge in [-0.25, -0.2) is 4.39 Å². The standard InChI is InChI=1S/C20H28BFN2O3/c1-7-15-12-16(24(8-2)23-15)13-25-18-10-9-14(22)11-17(18)21-26-19(3,4)20(5,6)27-21/h9-12H,7-8,13H2,1-6H3. The van der Waals surface area contributed by atoms with E-state index in [2.05, 4.69) is 12.0 Å². The third-order valence-electron chi connectivity index (χ3n) is 5.43. The Balaban J connectivity index is 1.84. The van der Waals surface area contributed by atoms with Crippen LogP contribution >= 0.6 is 0 Å². The summed E-state index contributed by atoms with van der Waals surface area (Å²) < 4.78 is 34.1. The van der Waals surface area contributed by atoms with Crippen molar-refractivity contribution in [2.75, 3.05) is 0 Å². The Kier molecular flexibility index (Phi) is 5.37. The lowest BCUT2D eigenvalue weighted by Crippen LogP contribution is -2.41. The minimum absolute atomic E-state index is 0.346. The van der Waals surface area contributed by atoms with Crippen LogP contribution in [-0.4, -0.2) is 28.1 Å². The van der Waals surface area contributed by atoms with Gasteiger partial charge < -0.3 is 14.0 Å². The van der Waals surface area contributed by atoms with Crippen molar-refractivity contribution in [2.24, 2.45) is 0 Å². The van der Waals surface area contributed by atoms with E-state index in [1.165, 1.54) is 12.1 Å². The number of rotatable bonds is 6. The van der Waals surface area contributed by atoms with Crippen molar-refractivity contribution < 1.29 is 18.4 Å². The van der Waals surface area contributed by atoms with Crippen molar-refractivity contribution in [3.63, 3.8) is 0 Å². The van der Waals surface area contributed by atoms with Crippen LogP contribution in [0.15, 0.2) is 24.3 Å². The van der Waals surface area contributed by atoms with Crippen molar-refractivity contribution in [1.29, 1.82) is 0 Å². The monoisotopic (exact) mass is 374 g/mol. The fourth-order valence-corrected chi connectivity index (χ4v) is 3.03. The largest absolute Gasteiger partial charge is 0.498 e. The number of halogens is 1. The Bertz CT molecular complexity index is 804. The molecular formula is C20H28BFN2O3. The topological polar surface area (TPSA) is 45.5 Å². The predicted molar refractivity (Wildman–Crippen MR) is 104 cm³/mol. The molecule has 0 saturated carbocycles. The molecule has 2 aromatic rings. The molecule has 1 aliphatic heterocycles. The van der Waals surface area contributed by atoms with Crippen LogP contribution in [0.3, 0.4) is 0 Å². The van der Waals surface area contributed by atoms with E-state index in [1.807, 2.05) is 45.4 Å². The molecule has 0 unspecified atom stereocenters. The first-order chi connectivity index (χ1) is 12.7. The van der Waals surface area contributed by atoms with Gasteiger partial charge in [-0.05, 0) is 65.3 Å². The highest BCUT2D eigenvalue weighted by Crippen LogP contribution is 2.37. The normalized spacial score (nSPS) is 18.1. The van der Waals surface area contributed by atoms with E-state index in [1.54, 1.807) is 6.07 Å². The fraction of sp³-hybridized carbons (Fsp3) is 0.550. The number of hydrogen-bond acceptors (Lipinski definition) is 4. The zero-order valence-electron chi connectivity index (χ0n) is 17.0. The van der Waals surface area contributed by atoms with Gasteiger partial charge in [-0.15, -0.1) is 0 Å². The Morgan fingerprint density at radius 1 is 1.11 bits per heavy atom. The predicted octanol–water partition coefficient (Wildman–Crippen LogP) is 3.48. The molecule has 0 aliphatic carbocycles. The van der Waals surface area contributed by atoms with Gasteiger partial charge in [0.25, 0.3) is 0 Å². The Labute approximate surface area is 161 Å². The Morgan fingerprint density at radius 2 is 1.78 bits per heavy atom. The van der Waals surface area contributed by atoms with Crippen molar-refractivity contribution >= 4 is 12.6 Å². The maximum atomic E-state index is 13.9. The average molecular weight is 374 g/mol. The molecule has 7 heteroatoms. The second-order valence-corrected chi connectivity index (χ2v) is 7.86. The molecule has 3 rings (SSSR count). The number of nitrogens with zero attached hydrogens (tertiary/aromatic N) is 2. The number of benzene rings is 1. The summed E-state index contributed by atoms with van der Waals surface area (Å²) in [7, 11) is -0.678. The third-order valence-corrected chi connectivity index (χ3v) is 5.43. The van der Waals surface area contributed by atoms with Gasteiger partial charge in [-0.3, -0.25) is 4.68 Å².